The number of rotatable bonds is 4. The van der Waals surface area contributed by atoms with Crippen LogP contribution in [0.4, 0.5) is 0 Å². The van der Waals surface area contributed by atoms with Gasteiger partial charge in [0.05, 0.1) is 11.4 Å². The van der Waals surface area contributed by atoms with Gasteiger partial charge in [-0.1, -0.05) is 56.0 Å². The molecule has 1 N–H and O–H groups in total. The van der Waals surface area contributed by atoms with E-state index in [4.69, 9.17) is 5.41 Å². The van der Waals surface area contributed by atoms with Gasteiger partial charge in [-0.2, -0.15) is 0 Å². The molecule has 0 aliphatic carbocycles. The first-order chi connectivity index (χ1) is 8.83. The number of pyridine rings is 1. The highest BCUT2D eigenvalue weighted by molar-refractivity contribution is 9.11. The maximum absolute atomic E-state index is 7.47. The van der Waals surface area contributed by atoms with Crippen LogP contribution in [-0.4, -0.2) is 10.7 Å². The van der Waals surface area contributed by atoms with E-state index in [9.17, 15) is 0 Å². The fourth-order valence-electron chi connectivity index (χ4n) is 1.61. The summed E-state index contributed by atoms with van der Waals surface area (Å²) in [5.41, 5.74) is 2.22. The Morgan fingerprint density at radius 1 is 1.37 bits per heavy atom. The summed E-state index contributed by atoms with van der Waals surface area (Å²) in [4.78, 5) is 4.20. The summed E-state index contributed by atoms with van der Waals surface area (Å²) in [5, 5.41) is 7.47. The monoisotopic (exact) mass is 390 g/mol. The van der Waals surface area contributed by atoms with Gasteiger partial charge in [-0.3, -0.25) is 0 Å². The molecule has 1 atom stereocenters. The summed E-state index contributed by atoms with van der Waals surface area (Å²) in [6.07, 6.45) is 4.08. The van der Waals surface area contributed by atoms with Gasteiger partial charge in [0.2, 0.25) is 0 Å². The molecule has 1 rings (SSSR count). The van der Waals surface area contributed by atoms with Crippen LogP contribution in [0.3, 0.4) is 0 Å². The Kier molecular flexibility index (Phi) is 9.54. The maximum atomic E-state index is 7.47. The van der Waals surface area contributed by atoms with E-state index < -0.39 is 0 Å². The van der Waals surface area contributed by atoms with E-state index in [2.05, 4.69) is 57.6 Å². The molecule has 0 radical (unpaired) electrons. The Morgan fingerprint density at radius 3 is 2.32 bits per heavy atom. The molecule has 1 aromatic heterocycles. The summed E-state index contributed by atoms with van der Waals surface area (Å²) < 4.78 is 1.73. The second kappa shape index (κ2) is 9.65. The van der Waals surface area contributed by atoms with Crippen LogP contribution in [0, 0.1) is 18.3 Å². The topological polar surface area (TPSA) is 36.7 Å². The number of halogens is 2. The minimum atomic E-state index is 0.481. The lowest BCUT2D eigenvalue weighted by atomic mass is 10.0. The van der Waals surface area contributed by atoms with Crippen molar-refractivity contribution in [1.29, 1.82) is 5.41 Å². The smallest absolute Gasteiger partial charge is 0.108 e. The second-order valence-corrected chi connectivity index (χ2v) is 6.49. The Morgan fingerprint density at radius 2 is 1.95 bits per heavy atom. The van der Waals surface area contributed by atoms with Gasteiger partial charge in [0.1, 0.15) is 4.60 Å². The van der Waals surface area contributed by atoms with Crippen molar-refractivity contribution >= 4 is 37.6 Å². The van der Waals surface area contributed by atoms with Gasteiger partial charge in [0, 0.05) is 4.47 Å². The molecule has 108 valence electrons. The molecule has 0 amide bonds. The standard InChI is InChI=1S/C8H8Br2N2.C7H16/c1-4-6(9)3-7(10)12-8(4)5(2)11;1-4-6-7(3)5-2/h3,11H,1-2H3;7H,4-6H2,1-3H3. The molecule has 2 nitrogen and oxygen atoms in total. The Labute approximate surface area is 134 Å². The van der Waals surface area contributed by atoms with E-state index in [0.717, 1.165) is 26.3 Å². The molecular weight excluding hydrogens is 368 g/mol. The van der Waals surface area contributed by atoms with Crippen LogP contribution >= 0.6 is 31.9 Å². The van der Waals surface area contributed by atoms with E-state index in [0.29, 0.717) is 5.71 Å². The van der Waals surface area contributed by atoms with Gasteiger partial charge < -0.3 is 5.41 Å². The number of hydrogen-bond donors (Lipinski definition) is 1. The molecule has 0 aromatic carbocycles. The molecule has 1 unspecified atom stereocenters. The second-order valence-electron chi connectivity index (χ2n) is 4.83. The molecule has 0 saturated carbocycles. The zero-order chi connectivity index (χ0) is 15.0. The predicted octanol–water partition coefficient (Wildman–Crippen LogP) is 6.14. The van der Waals surface area contributed by atoms with Gasteiger partial charge >= 0.3 is 0 Å². The Bertz CT molecular complexity index is 417. The summed E-state index contributed by atoms with van der Waals surface area (Å²) in [7, 11) is 0. The molecule has 0 spiro atoms. The maximum Gasteiger partial charge on any atom is 0.108 e. The molecule has 4 heteroatoms. The number of nitrogens with one attached hydrogen (secondary N) is 1. The number of nitrogens with zero attached hydrogens (tertiary/aromatic N) is 1. The molecule has 0 fully saturated rings. The fraction of sp³-hybridized carbons (Fsp3) is 0.600. The average molecular weight is 392 g/mol. The van der Waals surface area contributed by atoms with Crippen molar-refractivity contribution in [2.75, 3.05) is 0 Å². The zero-order valence-electron chi connectivity index (χ0n) is 12.5. The van der Waals surface area contributed by atoms with Gasteiger partial charge in [-0.15, -0.1) is 0 Å². The lowest BCUT2D eigenvalue weighted by Crippen LogP contribution is -2.01. The van der Waals surface area contributed by atoms with Gasteiger partial charge in [0.15, 0.2) is 0 Å². The van der Waals surface area contributed by atoms with E-state index in [1.165, 1.54) is 19.3 Å². The Hall–Kier alpha value is -0.220. The molecule has 0 aliphatic rings. The summed E-state index contributed by atoms with van der Waals surface area (Å²) in [6.45, 7) is 10.5. The van der Waals surface area contributed by atoms with Crippen LogP contribution in [0.1, 0.15) is 58.2 Å². The van der Waals surface area contributed by atoms with Crippen molar-refractivity contribution in [1.82, 2.24) is 4.98 Å². The minimum absolute atomic E-state index is 0.481. The average Bonchev–Trinajstić information content (AvgIpc) is 2.34. The molecule has 0 saturated heterocycles. The quantitative estimate of drug-likeness (QED) is 0.485. The molecule has 19 heavy (non-hydrogen) atoms. The van der Waals surface area contributed by atoms with E-state index in [-0.39, 0.29) is 0 Å². The number of aromatic nitrogens is 1. The molecular formula is C15H24Br2N2. The SMILES string of the molecule is CC(=N)c1nc(Br)cc(Br)c1C.CCCC(C)CC. The van der Waals surface area contributed by atoms with Crippen molar-refractivity contribution in [3.63, 3.8) is 0 Å². The van der Waals surface area contributed by atoms with Crippen LogP contribution in [-0.2, 0) is 0 Å². The van der Waals surface area contributed by atoms with Crippen LogP contribution in [0.2, 0.25) is 0 Å². The first kappa shape index (κ1) is 18.8. The minimum Gasteiger partial charge on any atom is -0.303 e. The van der Waals surface area contributed by atoms with Crippen molar-refractivity contribution < 1.29 is 0 Å². The van der Waals surface area contributed by atoms with Crippen molar-refractivity contribution in [2.45, 2.75) is 53.9 Å². The lowest BCUT2D eigenvalue weighted by molar-refractivity contribution is 0.509. The zero-order valence-corrected chi connectivity index (χ0v) is 15.7. The van der Waals surface area contributed by atoms with Crippen LogP contribution < -0.4 is 0 Å². The van der Waals surface area contributed by atoms with E-state index in [1.807, 2.05) is 13.0 Å². The van der Waals surface area contributed by atoms with Crippen molar-refractivity contribution in [2.24, 2.45) is 5.92 Å². The lowest BCUT2D eigenvalue weighted by Gasteiger charge is -2.05. The van der Waals surface area contributed by atoms with E-state index >= 15 is 0 Å². The molecule has 1 aromatic rings. The third kappa shape index (κ3) is 7.21. The highest BCUT2D eigenvalue weighted by Gasteiger charge is 2.07. The first-order valence-electron chi connectivity index (χ1n) is 6.71. The highest BCUT2D eigenvalue weighted by Crippen LogP contribution is 2.22. The predicted molar refractivity (Wildman–Crippen MR) is 91.2 cm³/mol. The van der Waals surface area contributed by atoms with Crippen molar-refractivity contribution in [3.05, 3.63) is 26.4 Å². The Balaban J connectivity index is 0.000000399. The number of hydrogen-bond acceptors (Lipinski definition) is 2. The summed E-state index contributed by atoms with van der Waals surface area (Å²) >= 11 is 6.68. The molecule has 0 aliphatic heterocycles. The van der Waals surface area contributed by atoms with Crippen molar-refractivity contribution in [3.8, 4) is 0 Å². The highest BCUT2D eigenvalue weighted by atomic mass is 79.9. The third-order valence-electron chi connectivity index (χ3n) is 3.01. The van der Waals surface area contributed by atoms with Gasteiger partial charge in [-0.05, 0) is 47.3 Å². The third-order valence-corrected chi connectivity index (χ3v) is 4.24. The normalized spacial score (nSPS) is 11.5. The molecule has 1 heterocycles. The molecule has 0 bridgehead atoms. The fourth-order valence-corrected chi connectivity index (χ4v) is 2.73. The largest absolute Gasteiger partial charge is 0.303 e. The summed E-state index contributed by atoms with van der Waals surface area (Å²) in [5.74, 6) is 0.949. The van der Waals surface area contributed by atoms with Gasteiger partial charge in [0.25, 0.3) is 0 Å². The first-order valence-corrected chi connectivity index (χ1v) is 8.30. The van der Waals surface area contributed by atoms with Crippen LogP contribution in [0.25, 0.3) is 0 Å². The van der Waals surface area contributed by atoms with E-state index in [1.54, 1.807) is 6.92 Å². The summed E-state index contributed by atoms with van der Waals surface area (Å²) in [6, 6.07) is 1.88. The van der Waals surface area contributed by atoms with Gasteiger partial charge in [-0.25, -0.2) is 4.98 Å². The van der Waals surface area contributed by atoms with Crippen LogP contribution in [0.5, 0.6) is 0 Å². The van der Waals surface area contributed by atoms with Crippen LogP contribution in [0.15, 0.2) is 15.1 Å².